The van der Waals surface area contributed by atoms with Crippen LogP contribution in [-0.4, -0.2) is 34.6 Å². The molecule has 2 rings (SSSR count). The fraction of sp³-hybridized carbons (Fsp3) is 0.533. The zero-order valence-electron chi connectivity index (χ0n) is 11.4. The highest BCUT2D eigenvalue weighted by atomic mass is 16.3. The molecule has 104 valence electrons. The van der Waals surface area contributed by atoms with Gasteiger partial charge in [0, 0.05) is 13.1 Å². The van der Waals surface area contributed by atoms with Crippen LogP contribution in [0.25, 0.3) is 0 Å². The number of nitrogens with two attached hydrogens (primary N) is 1. The molecule has 0 aromatic heterocycles. The Morgan fingerprint density at radius 3 is 2.58 bits per heavy atom. The summed E-state index contributed by atoms with van der Waals surface area (Å²) < 4.78 is 0. The molecule has 0 bridgehead atoms. The second-order valence-corrected chi connectivity index (χ2v) is 5.49. The molecule has 0 spiro atoms. The highest BCUT2D eigenvalue weighted by molar-refractivity contribution is 5.86. The van der Waals surface area contributed by atoms with Crippen molar-refractivity contribution in [3.05, 3.63) is 35.9 Å². The largest absolute Gasteiger partial charge is 0.395 e. The Bertz CT molecular complexity index is 427. The van der Waals surface area contributed by atoms with Crippen LogP contribution in [0.1, 0.15) is 25.3 Å². The minimum absolute atomic E-state index is 0.0423. The van der Waals surface area contributed by atoms with E-state index in [4.69, 9.17) is 10.8 Å². The number of amides is 1. The quantitative estimate of drug-likeness (QED) is 0.807. The highest BCUT2D eigenvalue weighted by Gasteiger charge is 2.45. The third-order valence-corrected chi connectivity index (χ3v) is 3.76. The zero-order chi connectivity index (χ0) is 13.9. The average Bonchev–Trinajstić information content (AvgIpc) is 3.23. The van der Waals surface area contributed by atoms with E-state index in [0.29, 0.717) is 13.1 Å². The third-order valence-electron chi connectivity index (χ3n) is 3.76. The van der Waals surface area contributed by atoms with E-state index in [-0.39, 0.29) is 18.4 Å². The number of carbonyl (C=O) groups excluding carboxylic acids is 1. The summed E-state index contributed by atoms with van der Waals surface area (Å²) in [6.45, 7) is 2.59. The number of hydrogen-bond acceptors (Lipinski definition) is 3. The molecule has 4 heteroatoms. The Morgan fingerprint density at radius 2 is 2.05 bits per heavy atom. The summed E-state index contributed by atoms with van der Waals surface area (Å²) in [5.74, 6) is 0.227. The van der Waals surface area contributed by atoms with E-state index in [1.165, 1.54) is 0 Å². The summed E-state index contributed by atoms with van der Waals surface area (Å²) in [5.41, 5.74) is 6.43. The first-order valence-electron chi connectivity index (χ1n) is 6.78. The molecule has 3 N–H and O–H groups in total. The van der Waals surface area contributed by atoms with E-state index in [2.05, 4.69) is 0 Å². The van der Waals surface area contributed by atoms with Crippen LogP contribution in [0.5, 0.6) is 0 Å². The van der Waals surface area contributed by atoms with Gasteiger partial charge in [-0.2, -0.15) is 0 Å². The van der Waals surface area contributed by atoms with Gasteiger partial charge in [-0.25, -0.2) is 0 Å². The maximum Gasteiger partial charge on any atom is 0.243 e. The second-order valence-electron chi connectivity index (χ2n) is 5.49. The van der Waals surface area contributed by atoms with Crippen molar-refractivity contribution in [3.63, 3.8) is 0 Å². The Balaban J connectivity index is 2.09. The molecule has 4 nitrogen and oxygen atoms in total. The van der Waals surface area contributed by atoms with Gasteiger partial charge in [0.2, 0.25) is 5.91 Å². The smallest absolute Gasteiger partial charge is 0.243 e. The van der Waals surface area contributed by atoms with E-state index < -0.39 is 5.54 Å². The van der Waals surface area contributed by atoms with E-state index in [9.17, 15) is 4.79 Å². The van der Waals surface area contributed by atoms with Gasteiger partial charge in [-0.1, -0.05) is 30.3 Å². The number of benzene rings is 1. The summed E-state index contributed by atoms with van der Waals surface area (Å²) in [5, 5.41) is 9.15. The van der Waals surface area contributed by atoms with Crippen LogP contribution in [0.3, 0.4) is 0 Å². The lowest BCUT2D eigenvalue weighted by atomic mass is 9.95. The molecule has 1 aromatic rings. The molecule has 1 aliphatic rings. The monoisotopic (exact) mass is 262 g/mol. The molecule has 0 saturated heterocycles. The van der Waals surface area contributed by atoms with Gasteiger partial charge in [0.15, 0.2) is 0 Å². The van der Waals surface area contributed by atoms with Gasteiger partial charge in [0.05, 0.1) is 12.1 Å². The van der Waals surface area contributed by atoms with Gasteiger partial charge in [-0.15, -0.1) is 0 Å². The van der Waals surface area contributed by atoms with Crippen molar-refractivity contribution < 1.29 is 9.90 Å². The predicted molar refractivity (Wildman–Crippen MR) is 74.3 cm³/mol. The van der Waals surface area contributed by atoms with E-state index in [1.807, 2.05) is 37.3 Å². The Kier molecular flexibility index (Phi) is 4.22. The third kappa shape index (κ3) is 3.33. The molecule has 0 heterocycles. The minimum Gasteiger partial charge on any atom is -0.395 e. The van der Waals surface area contributed by atoms with Gasteiger partial charge in [-0.05, 0) is 31.2 Å². The van der Waals surface area contributed by atoms with Crippen LogP contribution in [0.2, 0.25) is 0 Å². The van der Waals surface area contributed by atoms with Crippen LogP contribution in [-0.2, 0) is 11.3 Å². The summed E-state index contributed by atoms with van der Waals surface area (Å²) in [6, 6.07) is 9.78. The Hall–Kier alpha value is -1.39. The van der Waals surface area contributed by atoms with Crippen molar-refractivity contribution in [2.45, 2.75) is 31.8 Å². The molecule has 1 unspecified atom stereocenters. The molecular weight excluding hydrogens is 240 g/mol. The van der Waals surface area contributed by atoms with Gasteiger partial charge in [-0.3, -0.25) is 4.79 Å². The first kappa shape index (κ1) is 14.0. The number of nitrogens with zero attached hydrogens (tertiary/aromatic N) is 1. The topological polar surface area (TPSA) is 66.6 Å². The lowest BCUT2D eigenvalue weighted by molar-refractivity contribution is -0.138. The first-order chi connectivity index (χ1) is 9.05. The molecule has 0 aliphatic heterocycles. The summed E-state index contributed by atoms with van der Waals surface area (Å²) in [6.07, 6.45) is 2.05. The lowest BCUT2D eigenvalue weighted by Gasteiger charge is -2.31. The highest BCUT2D eigenvalue weighted by Crippen LogP contribution is 2.39. The summed E-state index contributed by atoms with van der Waals surface area (Å²) >= 11 is 0. The number of rotatable bonds is 6. The molecular formula is C15H22N2O2. The fourth-order valence-electron chi connectivity index (χ4n) is 2.38. The molecule has 1 aromatic carbocycles. The number of carbonyl (C=O) groups is 1. The zero-order valence-corrected chi connectivity index (χ0v) is 11.4. The number of aliphatic hydroxyl groups excluding tert-OH is 1. The fourth-order valence-corrected chi connectivity index (χ4v) is 2.38. The molecule has 1 fully saturated rings. The van der Waals surface area contributed by atoms with Crippen LogP contribution in [0.15, 0.2) is 30.3 Å². The SMILES string of the molecule is CC(N)(C(=O)N(CCO)Cc1ccccc1)C1CC1. The average molecular weight is 262 g/mol. The maximum atomic E-state index is 12.5. The molecule has 0 radical (unpaired) electrons. The molecule has 19 heavy (non-hydrogen) atoms. The van der Waals surface area contributed by atoms with Gasteiger partial charge in [0.1, 0.15) is 0 Å². The molecule has 1 aliphatic carbocycles. The van der Waals surface area contributed by atoms with E-state index in [1.54, 1.807) is 4.90 Å². The van der Waals surface area contributed by atoms with E-state index >= 15 is 0 Å². The van der Waals surface area contributed by atoms with Crippen molar-refractivity contribution in [3.8, 4) is 0 Å². The number of aliphatic hydroxyl groups is 1. The maximum absolute atomic E-state index is 12.5. The summed E-state index contributed by atoms with van der Waals surface area (Å²) in [7, 11) is 0. The van der Waals surface area contributed by atoms with Gasteiger partial charge >= 0.3 is 0 Å². The van der Waals surface area contributed by atoms with Crippen molar-refractivity contribution in [2.24, 2.45) is 11.7 Å². The predicted octanol–water partition coefficient (Wildman–Crippen LogP) is 1.13. The second kappa shape index (κ2) is 5.72. The van der Waals surface area contributed by atoms with Crippen molar-refractivity contribution in [2.75, 3.05) is 13.2 Å². The van der Waals surface area contributed by atoms with Crippen molar-refractivity contribution in [1.29, 1.82) is 0 Å². The molecule has 1 atom stereocenters. The first-order valence-corrected chi connectivity index (χ1v) is 6.78. The normalized spacial score (nSPS) is 17.8. The van der Waals surface area contributed by atoms with Crippen molar-refractivity contribution >= 4 is 5.91 Å². The van der Waals surface area contributed by atoms with E-state index in [0.717, 1.165) is 18.4 Å². The van der Waals surface area contributed by atoms with Crippen LogP contribution >= 0.6 is 0 Å². The summed E-state index contributed by atoms with van der Waals surface area (Å²) in [4.78, 5) is 14.2. The van der Waals surface area contributed by atoms with Gasteiger partial charge < -0.3 is 15.7 Å². The Labute approximate surface area is 114 Å². The lowest BCUT2D eigenvalue weighted by Crippen LogP contribution is -2.55. The minimum atomic E-state index is -0.802. The standard InChI is InChI=1S/C15H22N2O2/c1-15(16,13-7-8-13)14(19)17(9-10-18)11-12-5-3-2-4-6-12/h2-6,13,18H,7-11,16H2,1H3. The Morgan fingerprint density at radius 1 is 1.42 bits per heavy atom. The van der Waals surface area contributed by atoms with Gasteiger partial charge in [0.25, 0.3) is 0 Å². The number of hydrogen-bond donors (Lipinski definition) is 2. The molecule has 1 amide bonds. The van der Waals surface area contributed by atoms with Crippen LogP contribution in [0.4, 0.5) is 0 Å². The van der Waals surface area contributed by atoms with Crippen LogP contribution in [0, 0.1) is 5.92 Å². The molecule has 1 saturated carbocycles. The van der Waals surface area contributed by atoms with Crippen molar-refractivity contribution in [1.82, 2.24) is 4.90 Å². The van der Waals surface area contributed by atoms with Crippen LogP contribution < -0.4 is 5.73 Å².